The van der Waals surface area contributed by atoms with E-state index in [-0.39, 0.29) is 18.6 Å². The van der Waals surface area contributed by atoms with E-state index in [0.29, 0.717) is 17.9 Å². The van der Waals surface area contributed by atoms with Crippen molar-refractivity contribution in [3.05, 3.63) is 65.2 Å². The second-order valence-electron chi connectivity index (χ2n) is 6.09. The molecule has 7 heteroatoms. The fourth-order valence-corrected chi connectivity index (χ4v) is 2.77. The molecule has 1 unspecified atom stereocenters. The second kappa shape index (κ2) is 8.79. The summed E-state index contributed by atoms with van der Waals surface area (Å²) in [4.78, 5) is 14.2. The first kappa shape index (κ1) is 20.6. The van der Waals surface area contributed by atoms with Crippen LogP contribution in [0.25, 0.3) is 0 Å². The molecule has 0 aliphatic heterocycles. The molecule has 2 rings (SSSR count). The van der Waals surface area contributed by atoms with Gasteiger partial charge in [-0.25, -0.2) is 4.79 Å². The van der Waals surface area contributed by atoms with Gasteiger partial charge in [0.25, 0.3) is 0 Å². The summed E-state index contributed by atoms with van der Waals surface area (Å²) < 4.78 is 43.0. The highest BCUT2D eigenvalue weighted by atomic mass is 19.4. The summed E-state index contributed by atoms with van der Waals surface area (Å²) in [6.07, 6.45) is -4.37. The molecule has 146 valence electrons. The minimum absolute atomic E-state index is 0.151. The molecule has 2 aromatic carbocycles. The fourth-order valence-electron chi connectivity index (χ4n) is 2.77. The van der Waals surface area contributed by atoms with E-state index in [4.69, 9.17) is 4.74 Å². The van der Waals surface area contributed by atoms with Crippen molar-refractivity contribution in [2.45, 2.75) is 32.6 Å². The number of amides is 2. The van der Waals surface area contributed by atoms with Crippen molar-refractivity contribution >= 4 is 6.03 Å². The Morgan fingerprint density at radius 3 is 2.41 bits per heavy atom. The van der Waals surface area contributed by atoms with E-state index in [1.807, 2.05) is 38.1 Å². The summed E-state index contributed by atoms with van der Waals surface area (Å²) in [5, 5.41) is 2.76. The van der Waals surface area contributed by atoms with E-state index in [1.165, 1.54) is 12.1 Å². The summed E-state index contributed by atoms with van der Waals surface area (Å²) >= 11 is 0. The van der Waals surface area contributed by atoms with Crippen molar-refractivity contribution < 1.29 is 22.7 Å². The molecule has 4 nitrogen and oxygen atoms in total. The monoisotopic (exact) mass is 380 g/mol. The Balaban J connectivity index is 2.02. The number of ether oxygens (including phenoxy) is 1. The summed E-state index contributed by atoms with van der Waals surface area (Å²) in [7, 11) is 1.58. The SMILES string of the molecule is CCN(C(=O)NCc1ccc(C(F)(F)F)cc1)C(C)c1cccc(OC)c1. The van der Waals surface area contributed by atoms with Crippen molar-refractivity contribution in [3.63, 3.8) is 0 Å². The van der Waals surface area contributed by atoms with Crippen LogP contribution in [0.3, 0.4) is 0 Å². The maximum atomic E-state index is 12.6. The molecule has 0 saturated heterocycles. The third kappa shape index (κ3) is 5.39. The number of nitrogens with zero attached hydrogens (tertiary/aromatic N) is 1. The predicted octanol–water partition coefficient (Wildman–Crippen LogP) is 5.01. The van der Waals surface area contributed by atoms with Crippen molar-refractivity contribution in [2.24, 2.45) is 0 Å². The van der Waals surface area contributed by atoms with Crippen molar-refractivity contribution in [3.8, 4) is 5.75 Å². The highest BCUT2D eigenvalue weighted by Gasteiger charge is 2.30. The van der Waals surface area contributed by atoms with E-state index in [2.05, 4.69) is 5.32 Å². The lowest BCUT2D eigenvalue weighted by Gasteiger charge is -2.29. The van der Waals surface area contributed by atoms with E-state index < -0.39 is 11.7 Å². The maximum Gasteiger partial charge on any atom is 0.416 e. The fraction of sp³-hybridized carbons (Fsp3) is 0.350. The number of carbonyl (C=O) groups excluding carboxylic acids is 1. The Kier molecular flexibility index (Phi) is 6.71. The highest BCUT2D eigenvalue weighted by Crippen LogP contribution is 2.29. The first-order valence-electron chi connectivity index (χ1n) is 8.60. The molecule has 0 aliphatic rings. The smallest absolute Gasteiger partial charge is 0.416 e. The predicted molar refractivity (Wildman–Crippen MR) is 97.5 cm³/mol. The lowest BCUT2D eigenvalue weighted by molar-refractivity contribution is -0.137. The molecule has 1 atom stereocenters. The minimum Gasteiger partial charge on any atom is -0.497 e. The van der Waals surface area contributed by atoms with E-state index in [9.17, 15) is 18.0 Å². The number of halogens is 3. The Hall–Kier alpha value is -2.70. The third-order valence-corrected chi connectivity index (χ3v) is 4.37. The van der Waals surface area contributed by atoms with E-state index >= 15 is 0 Å². The topological polar surface area (TPSA) is 41.6 Å². The zero-order valence-electron chi connectivity index (χ0n) is 15.5. The number of hydrogen-bond acceptors (Lipinski definition) is 2. The van der Waals surface area contributed by atoms with Crippen LogP contribution in [-0.2, 0) is 12.7 Å². The summed E-state index contributed by atoms with van der Waals surface area (Å²) in [6, 6.07) is 11.8. The number of nitrogens with one attached hydrogen (secondary N) is 1. The summed E-state index contributed by atoms with van der Waals surface area (Å²) in [5.74, 6) is 0.709. The van der Waals surface area contributed by atoms with Crippen molar-refractivity contribution in [2.75, 3.05) is 13.7 Å². The molecule has 2 amide bonds. The standard InChI is InChI=1S/C20H23F3N2O2/c1-4-25(14(2)16-6-5-7-18(12-16)27-3)19(26)24-13-15-8-10-17(11-9-15)20(21,22)23/h5-12,14H,4,13H2,1-3H3,(H,24,26). The number of alkyl halides is 3. The lowest BCUT2D eigenvalue weighted by Crippen LogP contribution is -2.41. The van der Waals surface area contributed by atoms with Gasteiger partial charge >= 0.3 is 12.2 Å². The quantitative estimate of drug-likeness (QED) is 0.766. The van der Waals surface area contributed by atoms with Crippen LogP contribution in [0.1, 0.15) is 36.6 Å². The van der Waals surface area contributed by atoms with Crippen molar-refractivity contribution in [1.29, 1.82) is 0 Å². The van der Waals surface area contributed by atoms with Gasteiger partial charge in [0.2, 0.25) is 0 Å². The molecule has 0 aromatic heterocycles. The normalized spacial score (nSPS) is 12.4. The number of rotatable bonds is 6. The minimum atomic E-state index is -4.37. The average Bonchev–Trinajstić information content (AvgIpc) is 2.66. The Morgan fingerprint density at radius 1 is 1.19 bits per heavy atom. The van der Waals surface area contributed by atoms with E-state index in [0.717, 1.165) is 17.7 Å². The zero-order chi connectivity index (χ0) is 20.0. The van der Waals surface area contributed by atoms with Gasteiger partial charge in [0.05, 0.1) is 18.7 Å². The molecule has 0 fully saturated rings. The molecule has 0 bridgehead atoms. The summed E-state index contributed by atoms with van der Waals surface area (Å²) in [5.41, 5.74) is 0.821. The first-order valence-corrected chi connectivity index (χ1v) is 8.60. The molecule has 0 radical (unpaired) electrons. The molecule has 0 aliphatic carbocycles. The van der Waals surface area contributed by atoms with E-state index in [1.54, 1.807) is 12.0 Å². The van der Waals surface area contributed by atoms with Gasteiger partial charge in [-0.3, -0.25) is 0 Å². The zero-order valence-corrected chi connectivity index (χ0v) is 15.5. The molecule has 1 N–H and O–H groups in total. The van der Waals surface area contributed by atoms with Gasteiger partial charge in [-0.15, -0.1) is 0 Å². The number of benzene rings is 2. The second-order valence-corrected chi connectivity index (χ2v) is 6.09. The Morgan fingerprint density at radius 2 is 1.85 bits per heavy atom. The molecule has 27 heavy (non-hydrogen) atoms. The van der Waals surface area contributed by atoms with Gasteiger partial charge in [0.1, 0.15) is 5.75 Å². The largest absolute Gasteiger partial charge is 0.497 e. The van der Waals surface area contributed by atoms with Crippen LogP contribution in [0.15, 0.2) is 48.5 Å². The van der Waals surface area contributed by atoms with Crippen LogP contribution in [-0.4, -0.2) is 24.6 Å². The van der Waals surface area contributed by atoms with Crippen LogP contribution < -0.4 is 10.1 Å². The molecule has 0 spiro atoms. The van der Waals surface area contributed by atoms with Crippen molar-refractivity contribution in [1.82, 2.24) is 10.2 Å². The first-order chi connectivity index (χ1) is 12.8. The number of urea groups is 1. The van der Waals surface area contributed by atoms with Crippen LogP contribution >= 0.6 is 0 Å². The number of methoxy groups -OCH3 is 1. The van der Waals surface area contributed by atoms with Crippen LogP contribution in [0.2, 0.25) is 0 Å². The average molecular weight is 380 g/mol. The lowest BCUT2D eigenvalue weighted by atomic mass is 10.1. The molecular weight excluding hydrogens is 357 g/mol. The van der Waals surface area contributed by atoms with Crippen LogP contribution in [0, 0.1) is 0 Å². The van der Waals surface area contributed by atoms with Gasteiger partial charge in [-0.2, -0.15) is 13.2 Å². The molecule has 2 aromatic rings. The van der Waals surface area contributed by atoms with Gasteiger partial charge in [-0.1, -0.05) is 24.3 Å². The number of hydrogen-bond donors (Lipinski definition) is 1. The Labute approximate surface area is 156 Å². The Bertz CT molecular complexity index is 761. The van der Waals surface area contributed by atoms with Gasteiger partial charge < -0.3 is 15.0 Å². The molecule has 0 heterocycles. The van der Waals surface area contributed by atoms with Crippen LogP contribution in [0.4, 0.5) is 18.0 Å². The molecule has 0 saturated carbocycles. The van der Waals surface area contributed by atoms with Gasteiger partial charge in [0, 0.05) is 13.1 Å². The van der Waals surface area contributed by atoms with Gasteiger partial charge in [-0.05, 0) is 49.2 Å². The van der Waals surface area contributed by atoms with Gasteiger partial charge in [0.15, 0.2) is 0 Å². The summed E-state index contributed by atoms with van der Waals surface area (Å²) in [6.45, 7) is 4.42. The highest BCUT2D eigenvalue weighted by molar-refractivity contribution is 5.74. The number of carbonyl (C=O) groups is 1. The third-order valence-electron chi connectivity index (χ3n) is 4.37. The maximum absolute atomic E-state index is 12.6. The van der Waals surface area contributed by atoms with Crippen LogP contribution in [0.5, 0.6) is 5.75 Å². The molecular formula is C20H23F3N2O2.